The molecule has 7 nitrogen and oxygen atoms in total. The van der Waals surface area contributed by atoms with E-state index in [9.17, 15) is 5.11 Å². The van der Waals surface area contributed by atoms with Gasteiger partial charge in [0.15, 0.2) is 6.10 Å². The number of hydrogen-bond donors (Lipinski definition) is 2. The summed E-state index contributed by atoms with van der Waals surface area (Å²) in [6, 6.07) is 21.3. The third-order valence-corrected chi connectivity index (χ3v) is 8.10. The Labute approximate surface area is 225 Å². The van der Waals surface area contributed by atoms with Gasteiger partial charge in [-0.3, -0.25) is 0 Å². The van der Waals surface area contributed by atoms with Crippen LogP contribution < -0.4 is 4.74 Å². The first-order chi connectivity index (χ1) is 18.6. The van der Waals surface area contributed by atoms with Gasteiger partial charge in [-0.15, -0.1) is 0 Å². The number of aliphatic hydroxyl groups is 1. The van der Waals surface area contributed by atoms with Crippen LogP contribution in [0.4, 0.5) is 0 Å². The molecule has 4 aromatic rings. The molecule has 38 heavy (non-hydrogen) atoms. The molecule has 1 unspecified atom stereocenters. The Balaban J connectivity index is 1.09. The molecular weight excluding hydrogens is 504 g/mol. The standard InChI is InChI=1S/C30H29ClN2O5/c31-22-14-24-23(32-30(33-24)38-27-16-37-28-25(34)15-36-29(27)28)13-21(22)19-8-4-17(5-9-19)18-6-10-20(11-7-18)26-3-1-2-12-35-26/h4-11,13-14,25-29,34H,1-3,12,15-16H2,(H,32,33)/t25-,26?,27-,28-,29-/m1/s1. The summed E-state index contributed by atoms with van der Waals surface area (Å²) in [5.41, 5.74) is 7.03. The Morgan fingerprint density at radius 3 is 2.37 bits per heavy atom. The first-order valence-corrected chi connectivity index (χ1v) is 13.6. The van der Waals surface area contributed by atoms with Crippen molar-refractivity contribution >= 4 is 22.6 Å². The van der Waals surface area contributed by atoms with Crippen LogP contribution in [0.5, 0.6) is 6.01 Å². The van der Waals surface area contributed by atoms with Crippen molar-refractivity contribution in [2.75, 3.05) is 19.8 Å². The normalized spacial score (nSPS) is 27.1. The van der Waals surface area contributed by atoms with E-state index in [2.05, 4.69) is 58.5 Å². The van der Waals surface area contributed by atoms with Crippen LogP contribution in [0.2, 0.25) is 5.02 Å². The van der Waals surface area contributed by atoms with Crippen molar-refractivity contribution in [2.24, 2.45) is 0 Å². The molecule has 2 N–H and O–H groups in total. The van der Waals surface area contributed by atoms with Gasteiger partial charge in [-0.2, -0.15) is 4.98 Å². The molecule has 5 atom stereocenters. The van der Waals surface area contributed by atoms with E-state index >= 15 is 0 Å². The number of benzene rings is 3. The lowest BCUT2D eigenvalue weighted by molar-refractivity contribution is 0.00706. The van der Waals surface area contributed by atoms with Crippen molar-refractivity contribution in [3.8, 4) is 28.3 Å². The number of nitrogens with one attached hydrogen (secondary N) is 1. The lowest BCUT2D eigenvalue weighted by Gasteiger charge is -2.23. The fourth-order valence-electron chi connectivity index (χ4n) is 5.71. The molecule has 3 saturated heterocycles. The van der Waals surface area contributed by atoms with Crippen molar-refractivity contribution in [3.63, 3.8) is 0 Å². The van der Waals surface area contributed by atoms with E-state index in [4.69, 9.17) is 30.5 Å². The molecule has 7 rings (SSSR count). The molecule has 8 heteroatoms. The van der Waals surface area contributed by atoms with Gasteiger partial charge in [-0.25, -0.2) is 0 Å². The summed E-state index contributed by atoms with van der Waals surface area (Å²) in [6.07, 6.45) is 2.10. The van der Waals surface area contributed by atoms with Crippen LogP contribution in [0.15, 0.2) is 60.7 Å². The molecule has 3 fully saturated rings. The van der Waals surface area contributed by atoms with E-state index in [0.29, 0.717) is 17.6 Å². The lowest BCUT2D eigenvalue weighted by atomic mass is 9.97. The predicted octanol–water partition coefficient (Wildman–Crippen LogP) is 5.70. The topological polar surface area (TPSA) is 85.8 Å². The molecule has 196 valence electrons. The minimum absolute atomic E-state index is 0.220. The fourth-order valence-corrected chi connectivity index (χ4v) is 5.98. The van der Waals surface area contributed by atoms with Crippen LogP contribution in [-0.2, 0) is 14.2 Å². The van der Waals surface area contributed by atoms with Crippen molar-refractivity contribution in [1.82, 2.24) is 9.97 Å². The van der Waals surface area contributed by atoms with Crippen LogP contribution in [0.1, 0.15) is 30.9 Å². The highest BCUT2D eigenvalue weighted by Crippen LogP contribution is 2.35. The van der Waals surface area contributed by atoms with Crippen molar-refractivity contribution in [3.05, 3.63) is 71.2 Å². The molecule has 0 radical (unpaired) electrons. The number of ether oxygens (including phenoxy) is 4. The third kappa shape index (κ3) is 4.48. The highest BCUT2D eigenvalue weighted by molar-refractivity contribution is 6.34. The SMILES string of the molecule is O[C@@H]1CO[C@H]2[C@@H]1OC[C@H]2Oc1nc2cc(-c3ccc(-c4ccc(C5CCCCO5)cc4)cc3)c(Cl)cc2[nH]1. The number of rotatable bonds is 5. The van der Waals surface area contributed by atoms with Gasteiger partial charge in [0, 0.05) is 12.2 Å². The summed E-state index contributed by atoms with van der Waals surface area (Å²) in [5.74, 6) is 0. The average molecular weight is 533 g/mol. The van der Waals surface area contributed by atoms with E-state index in [0.717, 1.165) is 47.2 Å². The maximum Gasteiger partial charge on any atom is 0.295 e. The Hall–Kier alpha value is -2.94. The van der Waals surface area contributed by atoms with Crippen LogP contribution in [0, 0.1) is 0 Å². The Morgan fingerprint density at radius 2 is 1.61 bits per heavy atom. The Kier molecular flexibility index (Phi) is 6.34. The first-order valence-electron chi connectivity index (χ1n) is 13.2. The molecule has 0 saturated carbocycles. The third-order valence-electron chi connectivity index (χ3n) is 7.79. The van der Waals surface area contributed by atoms with Gasteiger partial charge in [0.2, 0.25) is 0 Å². The van der Waals surface area contributed by atoms with E-state index < -0.39 is 6.10 Å². The van der Waals surface area contributed by atoms with Gasteiger partial charge in [-0.1, -0.05) is 60.1 Å². The van der Waals surface area contributed by atoms with Crippen LogP contribution in [0.3, 0.4) is 0 Å². The monoisotopic (exact) mass is 532 g/mol. The van der Waals surface area contributed by atoms with Crippen molar-refractivity contribution in [2.45, 2.75) is 49.8 Å². The summed E-state index contributed by atoms with van der Waals surface area (Å²) >= 11 is 6.69. The van der Waals surface area contributed by atoms with E-state index in [1.165, 1.54) is 17.5 Å². The van der Waals surface area contributed by atoms with Crippen LogP contribution in [0.25, 0.3) is 33.3 Å². The molecular formula is C30H29ClN2O5. The molecule has 0 bridgehead atoms. The molecule has 0 aliphatic carbocycles. The first kappa shape index (κ1) is 24.1. The summed E-state index contributed by atoms with van der Waals surface area (Å²) in [7, 11) is 0. The van der Waals surface area contributed by atoms with Crippen LogP contribution >= 0.6 is 11.6 Å². The van der Waals surface area contributed by atoms with Gasteiger partial charge in [0.05, 0.1) is 35.4 Å². The van der Waals surface area contributed by atoms with Crippen molar-refractivity contribution in [1.29, 1.82) is 0 Å². The maximum absolute atomic E-state index is 9.96. The Bertz CT molecular complexity index is 1430. The number of H-pyrrole nitrogens is 1. The lowest BCUT2D eigenvalue weighted by Crippen LogP contribution is -2.34. The zero-order valence-corrected chi connectivity index (χ0v) is 21.6. The zero-order valence-electron chi connectivity index (χ0n) is 20.8. The number of imidazole rings is 1. The summed E-state index contributed by atoms with van der Waals surface area (Å²) in [4.78, 5) is 7.82. The largest absolute Gasteiger partial charge is 0.456 e. The van der Waals surface area contributed by atoms with Gasteiger partial charge < -0.3 is 29.0 Å². The van der Waals surface area contributed by atoms with Gasteiger partial charge >= 0.3 is 0 Å². The number of hydrogen-bond acceptors (Lipinski definition) is 6. The number of aliphatic hydroxyl groups excluding tert-OH is 1. The fraction of sp³-hybridized carbons (Fsp3) is 0.367. The second kappa shape index (κ2) is 9.98. The van der Waals surface area contributed by atoms with Gasteiger partial charge in [0.1, 0.15) is 18.3 Å². The predicted molar refractivity (Wildman–Crippen MR) is 144 cm³/mol. The molecule has 1 aromatic heterocycles. The second-order valence-corrected chi connectivity index (χ2v) is 10.7. The molecule has 0 spiro atoms. The highest BCUT2D eigenvalue weighted by Gasteiger charge is 2.48. The number of halogens is 1. The average Bonchev–Trinajstić information content (AvgIpc) is 3.65. The summed E-state index contributed by atoms with van der Waals surface area (Å²) in [6.45, 7) is 1.46. The molecule has 0 amide bonds. The molecule has 4 heterocycles. The number of fused-ring (bicyclic) bond motifs is 2. The Morgan fingerprint density at radius 1 is 0.868 bits per heavy atom. The molecule has 3 aliphatic heterocycles. The second-order valence-electron chi connectivity index (χ2n) is 10.3. The minimum Gasteiger partial charge on any atom is -0.456 e. The van der Waals surface area contributed by atoms with E-state index in [-0.39, 0.29) is 31.0 Å². The zero-order chi connectivity index (χ0) is 25.6. The van der Waals surface area contributed by atoms with Gasteiger partial charge in [0.25, 0.3) is 6.01 Å². The quantitative estimate of drug-likeness (QED) is 0.343. The highest BCUT2D eigenvalue weighted by atomic mass is 35.5. The van der Waals surface area contributed by atoms with E-state index in [1.54, 1.807) is 0 Å². The molecule has 3 aliphatic rings. The van der Waals surface area contributed by atoms with Crippen LogP contribution in [-0.4, -0.2) is 59.3 Å². The van der Waals surface area contributed by atoms with Gasteiger partial charge in [-0.05, 0) is 53.6 Å². The minimum atomic E-state index is -0.618. The van der Waals surface area contributed by atoms with E-state index in [1.807, 2.05) is 12.1 Å². The van der Waals surface area contributed by atoms with Crippen molar-refractivity contribution < 1.29 is 24.1 Å². The number of aromatic nitrogens is 2. The summed E-state index contributed by atoms with van der Waals surface area (Å²) in [5, 5.41) is 10.6. The number of nitrogens with zero attached hydrogens (tertiary/aromatic N) is 1. The maximum atomic E-state index is 9.96. The number of aromatic amines is 1. The molecule has 3 aromatic carbocycles. The summed E-state index contributed by atoms with van der Waals surface area (Å²) < 4.78 is 23.3. The smallest absolute Gasteiger partial charge is 0.295 e.